The van der Waals surface area contributed by atoms with Gasteiger partial charge < -0.3 is 14.7 Å². The monoisotopic (exact) mass is 307 g/mol. The van der Waals surface area contributed by atoms with Crippen molar-refractivity contribution in [2.75, 3.05) is 19.7 Å². The standard InChI is InChI=1S/C16H21NO5/c1-3-17(11-16(20)21)15(19)5-4-10-22-14-8-6-13(7-9-14)12(2)18/h6-9H,3-5,10-11H2,1-2H3,(H,20,21). The number of benzene rings is 1. The van der Waals surface area contributed by atoms with Crippen LogP contribution in [0.2, 0.25) is 0 Å². The summed E-state index contributed by atoms with van der Waals surface area (Å²) >= 11 is 0. The topological polar surface area (TPSA) is 83.9 Å². The van der Waals surface area contributed by atoms with Gasteiger partial charge in [0.05, 0.1) is 6.61 Å². The molecule has 0 aliphatic rings. The number of carbonyl (C=O) groups excluding carboxylic acids is 2. The Kier molecular flexibility index (Phi) is 7.08. The molecule has 6 nitrogen and oxygen atoms in total. The van der Waals surface area contributed by atoms with E-state index in [2.05, 4.69) is 0 Å². The number of aliphatic carboxylic acids is 1. The predicted molar refractivity (Wildman–Crippen MR) is 81.1 cm³/mol. The summed E-state index contributed by atoms with van der Waals surface area (Å²) in [5.41, 5.74) is 0.620. The van der Waals surface area contributed by atoms with Gasteiger partial charge in [0.25, 0.3) is 0 Å². The van der Waals surface area contributed by atoms with E-state index in [0.29, 0.717) is 30.9 Å². The smallest absolute Gasteiger partial charge is 0.323 e. The molecular weight excluding hydrogens is 286 g/mol. The first-order chi connectivity index (χ1) is 10.4. The van der Waals surface area contributed by atoms with Crippen molar-refractivity contribution in [3.05, 3.63) is 29.8 Å². The Labute approximate surface area is 129 Å². The highest BCUT2D eigenvalue weighted by atomic mass is 16.5. The van der Waals surface area contributed by atoms with Crippen LogP contribution in [-0.2, 0) is 9.59 Å². The third-order valence-electron chi connectivity index (χ3n) is 3.13. The predicted octanol–water partition coefficient (Wildman–Crippen LogP) is 1.98. The molecule has 0 bridgehead atoms. The third-order valence-corrected chi connectivity index (χ3v) is 3.13. The Balaban J connectivity index is 2.33. The zero-order valence-electron chi connectivity index (χ0n) is 12.9. The van der Waals surface area contributed by atoms with Crippen LogP contribution >= 0.6 is 0 Å². The molecule has 120 valence electrons. The molecule has 0 aliphatic carbocycles. The van der Waals surface area contributed by atoms with E-state index < -0.39 is 5.97 Å². The molecule has 6 heteroatoms. The molecule has 0 saturated heterocycles. The molecular formula is C16H21NO5. The van der Waals surface area contributed by atoms with Gasteiger partial charge in [-0.1, -0.05) is 0 Å². The Morgan fingerprint density at radius 1 is 1.18 bits per heavy atom. The van der Waals surface area contributed by atoms with E-state index in [4.69, 9.17) is 9.84 Å². The summed E-state index contributed by atoms with van der Waals surface area (Å²) in [7, 11) is 0. The highest BCUT2D eigenvalue weighted by Gasteiger charge is 2.14. The van der Waals surface area contributed by atoms with Gasteiger partial charge in [-0.3, -0.25) is 14.4 Å². The van der Waals surface area contributed by atoms with Crippen LogP contribution in [0.4, 0.5) is 0 Å². The van der Waals surface area contributed by atoms with Gasteiger partial charge in [0.15, 0.2) is 5.78 Å². The minimum atomic E-state index is -1.02. The van der Waals surface area contributed by atoms with E-state index in [-0.39, 0.29) is 24.7 Å². The summed E-state index contributed by atoms with van der Waals surface area (Å²) in [6, 6.07) is 6.80. The lowest BCUT2D eigenvalue weighted by Gasteiger charge is -2.18. The number of amides is 1. The number of carboxylic acid groups (broad SMARTS) is 1. The third kappa shape index (κ3) is 5.95. The first kappa shape index (κ1) is 17.7. The van der Waals surface area contributed by atoms with E-state index in [1.807, 2.05) is 0 Å². The summed E-state index contributed by atoms with van der Waals surface area (Å²) in [6.45, 7) is 3.70. The Bertz CT molecular complexity index is 524. The van der Waals surface area contributed by atoms with Crippen LogP contribution in [0.1, 0.15) is 37.0 Å². The van der Waals surface area contributed by atoms with Gasteiger partial charge in [0, 0.05) is 18.5 Å². The zero-order valence-corrected chi connectivity index (χ0v) is 12.9. The lowest BCUT2D eigenvalue weighted by molar-refractivity contribution is -0.144. The molecule has 0 aromatic heterocycles. The van der Waals surface area contributed by atoms with Crippen LogP contribution in [-0.4, -0.2) is 47.4 Å². The average Bonchev–Trinajstić information content (AvgIpc) is 2.49. The maximum atomic E-state index is 11.8. The minimum absolute atomic E-state index is 0.00441. The first-order valence-electron chi connectivity index (χ1n) is 7.17. The van der Waals surface area contributed by atoms with E-state index >= 15 is 0 Å². The highest BCUT2D eigenvalue weighted by molar-refractivity contribution is 5.94. The molecule has 1 aromatic carbocycles. The molecule has 0 saturated carbocycles. The van der Waals surface area contributed by atoms with Gasteiger partial charge in [-0.15, -0.1) is 0 Å². The van der Waals surface area contributed by atoms with E-state index in [0.717, 1.165) is 0 Å². The number of hydrogen-bond acceptors (Lipinski definition) is 4. The summed E-state index contributed by atoms with van der Waals surface area (Å²) < 4.78 is 5.49. The number of ketones is 1. The van der Waals surface area contributed by atoms with Crippen molar-refractivity contribution in [3.8, 4) is 5.75 Å². The molecule has 0 unspecified atom stereocenters. The number of rotatable bonds is 9. The fourth-order valence-corrected chi connectivity index (χ4v) is 1.90. The second-order valence-corrected chi connectivity index (χ2v) is 4.83. The first-order valence-corrected chi connectivity index (χ1v) is 7.17. The van der Waals surface area contributed by atoms with Crippen molar-refractivity contribution in [2.45, 2.75) is 26.7 Å². The van der Waals surface area contributed by atoms with Gasteiger partial charge in [0.2, 0.25) is 5.91 Å². The van der Waals surface area contributed by atoms with Crippen LogP contribution in [0.15, 0.2) is 24.3 Å². The number of hydrogen-bond donors (Lipinski definition) is 1. The number of nitrogens with zero attached hydrogens (tertiary/aromatic N) is 1. The Morgan fingerprint density at radius 3 is 2.32 bits per heavy atom. The van der Waals surface area contributed by atoms with Crippen LogP contribution in [0.5, 0.6) is 5.75 Å². The van der Waals surface area contributed by atoms with E-state index in [1.54, 1.807) is 31.2 Å². The molecule has 0 heterocycles. The van der Waals surface area contributed by atoms with Gasteiger partial charge in [-0.05, 0) is 44.5 Å². The van der Waals surface area contributed by atoms with Crippen LogP contribution in [0.25, 0.3) is 0 Å². The van der Waals surface area contributed by atoms with E-state index in [1.165, 1.54) is 11.8 Å². The van der Waals surface area contributed by atoms with Crippen LogP contribution < -0.4 is 4.74 Å². The molecule has 0 spiro atoms. The van der Waals surface area contributed by atoms with Crippen molar-refractivity contribution >= 4 is 17.7 Å². The summed E-state index contributed by atoms with van der Waals surface area (Å²) in [4.78, 5) is 34.9. The molecule has 0 atom stereocenters. The quantitative estimate of drug-likeness (QED) is 0.557. The van der Waals surface area contributed by atoms with Gasteiger partial charge in [-0.25, -0.2) is 0 Å². The lowest BCUT2D eigenvalue weighted by Crippen LogP contribution is -2.35. The zero-order chi connectivity index (χ0) is 16.5. The molecule has 0 fully saturated rings. The van der Waals surface area contributed by atoms with Crippen molar-refractivity contribution in [1.82, 2.24) is 4.90 Å². The summed E-state index contributed by atoms with van der Waals surface area (Å²) in [6.07, 6.45) is 0.746. The van der Waals surface area contributed by atoms with Crippen molar-refractivity contribution in [2.24, 2.45) is 0 Å². The Morgan fingerprint density at radius 2 is 1.82 bits per heavy atom. The van der Waals surface area contributed by atoms with Gasteiger partial charge in [-0.2, -0.15) is 0 Å². The Hall–Kier alpha value is -2.37. The van der Waals surface area contributed by atoms with Crippen molar-refractivity contribution < 1.29 is 24.2 Å². The summed E-state index contributed by atoms with van der Waals surface area (Å²) in [5.74, 6) is -0.581. The number of Topliss-reactive ketones (excluding diaryl/α,β-unsaturated/α-hetero) is 1. The molecule has 1 rings (SSSR count). The van der Waals surface area contributed by atoms with Gasteiger partial charge in [0.1, 0.15) is 12.3 Å². The molecule has 1 N–H and O–H groups in total. The van der Waals surface area contributed by atoms with Crippen molar-refractivity contribution in [3.63, 3.8) is 0 Å². The fourth-order valence-electron chi connectivity index (χ4n) is 1.90. The van der Waals surface area contributed by atoms with Crippen LogP contribution in [0.3, 0.4) is 0 Å². The minimum Gasteiger partial charge on any atom is -0.494 e. The maximum Gasteiger partial charge on any atom is 0.323 e. The van der Waals surface area contributed by atoms with E-state index in [9.17, 15) is 14.4 Å². The maximum absolute atomic E-state index is 11.8. The molecule has 0 radical (unpaired) electrons. The second-order valence-electron chi connectivity index (χ2n) is 4.83. The van der Waals surface area contributed by atoms with Crippen molar-refractivity contribution in [1.29, 1.82) is 0 Å². The molecule has 22 heavy (non-hydrogen) atoms. The normalized spacial score (nSPS) is 10.1. The van der Waals surface area contributed by atoms with Gasteiger partial charge >= 0.3 is 5.97 Å². The largest absolute Gasteiger partial charge is 0.494 e. The SMILES string of the molecule is CCN(CC(=O)O)C(=O)CCCOc1ccc(C(C)=O)cc1. The molecule has 0 aliphatic heterocycles. The fraction of sp³-hybridized carbons (Fsp3) is 0.438. The highest BCUT2D eigenvalue weighted by Crippen LogP contribution is 2.13. The molecule has 1 aromatic rings. The summed E-state index contributed by atoms with van der Waals surface area (Å²) in [5, 5.41) is 8.70. The second kappa shape index (κ2) is 8.81. The van der Waals surface area contributed by atoms with Crippen LogP contribution in [0, 0.1) is 0 Å². The average molecular weight is 307 g/mol. The number of carbonyl (C=O) groups is 3. The number of carboxylic acids is 1. The number of ether oxygens (including phenoxy) is 1. The molecule has 1 amide bonds. The number of likely N-dealkylation sites (N-methyl/N-ethyl adjacent to an activating group) is 1. The lowest BCUT2D eigenvalue weighted by atomic mass is 10.1.